The molecule has 0 aromatic heterocycles. The van der Waals surface area contributed by atoms with Crippen molar-refractivity contribution in [1.29, 1.82) is 0 Å². The van der Waals surface area contributed by atoms with Gasteiger partial charge in [0.1, 0.15) is 5.75 Å². The van der Waals surface area contributed by atoms with Crippen LogP contribution in [0, 0.1) is 6.92 Å². The van der Waals surface area contributed by atoms with Crippen LogP contribution in [0.4, 0.5) is 5.69 Å². The zero-order chi connectivity index (χ0) is 21.0. The first-order valence-corrected chi connectivity index (χ1v) is 11.4. The van der Waals surface area contributed by atoms with Crippen LogP contribution in [-0.4, -0.2) is 38.8 Å². The maximum atomic E-state index is 13.2. The monoisotopic (exact) mass is 436 g/mol. The molecule has 0 spiro atoms. The fraction of sp³-hybridized carbons (Fsp3) is 0.381. The molecule has 8 heteroatoms. The van der Waals surface area contributed by atoms with E-state index in [9.17, 15) is 13.2 Å². The van der Waals surface area contributed by atoms with Gasteiger partial charge in [-0.2, -0.15) is 4.31 Å². The standard InChI is InChI=1S/C21H25ClN2O4S/c1-15-7-9-17(23-21(25)18-13-16(22)8-10-19(18)28-2)14-20(15)29(26,27)24-11-5-3-4-6-12-24/h7-10,13-14H,3-6,11-12H2,1-2H3,(H,23,25). The number of carbonyl (C=O) groups is 1. The third kappa shape index (κ3) is 4.91. The Labute approximate surface area is 176 Å². The number of amides is 1. The molecule has 1 heterocycles. The quantitative estimate of drug-likeness (QED) is 0.750. The smallest absolute Gasteiger partial charge is 0.259 e. The Morgan fingerprint density at radius 1 is 1.07 bits per heavy atom. The summed E-state index contributed by atoms with van der Waals surface area (Å²) in [5, 5.41) is 3.16. The number of rotatable bonds is 5. The highest BCUT2D eigenvalue weighted by Gasteiger charge is 2.27. The Bertz CT molecular complexity index is 1000. The predicted molar refractivity (Wildman–Crippen MR) is 114 cm³/mol. The second kappa shape index (κ2) is 9.15. The lowest BCUT2D eigenvalue weighted by Gasteiger charge is -2.21. The molecular formula is C21H25ClN2O4S. The Balaban J connectivity index is 1.89. The number of halogens is 1. The molecule has 2 aromatic carbocycles. The molecule has 0 bridgehead atoms. The Morgan fingerprint density at radius 3 is 2.41 bits per heavy atom. The van der Waals surface area contributed by atoms with E-state index in [1.807, 2.05) is 0 Å². The van der Waals surface area contributed by atoms with E-state index in [1.54, 1.807) is 35.5 Å². The van der Waals surface area contributed by atoms with Crippen LogP contribution in [0.3, 0.4) is 0 Å². The molecule has 0 radical (unpaired) electrons. The van der Waals surface area contributed by atoms with Crippen LogP contribution in [0.5, 0.6) is 5.75 Å². The van der Waals surface area contributed by atoms with Crippen LogP contribution in [0.25, 0.3) is 0 Å². The third-order valence-electron chi connectivity index (χ3n) is 5.04. The van der Waals surface area contributed by atoms with Crippen molar-refractivity contribution in [2.45, 2.75) is 37.5 Å². The predicted octanol–water partition coefficient (Wildman–Crippen LogP) is 4.47. The maximum absolute atomic E-state index is 13.2. The van der Waals surface area contributed by atoms with Crippen LogP contribution in [0.2, 0.25) is 5.02 Å². The lowest BCUT2D eigenvalue weighted by molar-refractivity contribution is 0.102. The first-order valence-electron chi connectivity index (χ1n) is 9.58. The average molecular weight is 437 g/mol. The van der Waals surface area contributed by atoms with E-state index in [4.69, 9.17) is 16.3 Å². The number of hydrogen-bond donors (Lipinski definition) is 1. The van der Waals surface area contributed by atoms with Gasteiger partial charge in [0.2, 0.25) is 10.0 Å². The molecule has 29 heavy (non-hydrogen) atoms. The lowest BCUT2D eigenvalue weighted by Crippen LogP contribution is -2.32. The topological polar surface area (TPSA) is 75.7 Å². The van der Waals surface area contributed by atoms with Crippen LogP contribution in [0.1, 0.15) is 41.6 Å². The summed E-state index contributed by atoms with van der Waals surface area (Å²) >= 11 is 6.01. The molecule has 1 saturated heterocycles. The van der Waals surface area contributed by atoms with Gasteiger partial charge in [-0.15, -0.1) is 0 Å². The van der Waals surface area contributed by atoms with Gasteiger partial charge in [-0.1, -0.05) is 30.5 Å². The summed E-state index contributed by atoms with van der Waals surface area (Å²) in [7, 11) is -2.15. The van der Waals surface area contributed by atoms with E-state index in [2.05, 4.69) is 5.32 Å². The van der Waals surface area contributed by atoms with Crippen molar-refractivity contribution in [2.75, 3.05) is 25.5 Å². The number of sulfonamides is 1. The van der Waals surface area contributed by atoms with Gasteiger partial charge in [0.15, 0.2) is 0 Å². The Kier molecular flexibility index (Phi) is 6.82. The molecule has 0 saturated carbocycles. The van der Waals surface area contributed by atoms with E-state index in [0.29, 0.717) is 35.1 Å². The number of benzene rings is 2. The van der Waals surface area contributed by atoms with Crippen molar-refractivity contribution < 1.29 is 17.9 Å². The summed E-state index contributed by atoms with van der Waals surface area (Å²) in [5.74, 6) is -0.0391. The summed E-state index contributed by atoms with van der Waals surface area (Å²) in [5.41, 5.74) is 1.32. The summed E-state index contributed by atoms with van der Waals surface area (Å²) in [6.07, 6.45) is 3.82. The summed E-state index contributed by atoms with van der Waals surface area (Å²) < 4.78 is 33.2. The van der Waals surface area contributed by atoms with Crippen molar-refractivity contribution in [1.82, 2.24) is 4.31 Å². The number of nitrogens with zero attached hydrogens (tertiary/aromatic N) is 1. The molecule has 2 aromatic rings. The highest BCUT2D eigenvalue weighted by atomic mass is 35.5. The van der Waals surface area contributed by atoms with Crippen molar-refractivity contribution in [3.8, 4) is 5.75 Å². The minimum atomic E-state index is -3.62. The zero-order valence-electron chi connectivity index (χ0n) is 16.6. The molecule has 1 aliphatic heterocycles. The fourth-order valence-electron chi connectivity index (χ4n) is 3.43. The van der Waals surface area contributed by atoms with Crippen LogP contribution in [-0.2, 0) is 10.0 Å². The van der Waals surface area contributed by atoms with Gasteiger partial charge in [0, 0.05) is 23.8 Å². The maximum Gasteiger partial charge on any atom is 0.259 e. The van der Waals surface area contributed by atoms with Crippen LogP contribution in [0.15, 0.2) is 41.3 Å². The largest absolute Gasteiger partial charge is 0.496 e. The van der Waals surface area contributed by atoms with Crippen LogP contribution >= 0.6 is 11.6 Å². The average Bonchev–Trinajstić information content (AvgIpc) is 2.99. The zero-order valence-corrected chi connectivity index (χ0v) is 18.1. The molecule has 1 fully saturated rings. The van der Waals surface area contributed by atoms with Gasteiger partial charge >= 0.3 is 0 Å². The van der Waals surface area contributed by atoms with Crippen molar-refractivity contribution in [2.24, 2.45) is 0 Å². The number of ether oxygens (including phenoxy) is 1. The van der Waals surface area contributed by atoms with E-state index < -0.39 is 15.9 Å². The van der Waals surface area contributed by atoms with Gasteiger partial charge < -0.3 is 10.1 Å². The van der Waals surface area contributed by atoms with E-state index >= 15 is 0 Å². The molecule has 1 amide bonds. The van der Waals surface area contributed by atoms with Gasteiger partial charge in [-0.05, 0) is 55.7 Å². The molecule has 6 nitrogen and oxygen atoms in total. The molecule has 1 aliphatic rings. The van der Waals surface area contributed by atoms with E-state index in [-0.39, 0.29) is 10.5 Å². The lowest BCUT2D eigenvalue weighted by atomic mass is 10.1. The SMILES string of the molecule is COc1ccc(Cl)cc1C(=O)Nc1ccc(C)c(S(=O)(=O)N2CCCCCC2)c1. The van der Waals surface area contributed by atoms with Gasteiger partial charge in [-0.3, -0.25) is 4.79 Å². The summed E-state index contributed by atoms with van der Waals surface area (Å²) in [4.78, 5) is 12.9. The summed E-state index contributed by atoms with van der Waals surface area (Å²) in [6.45, 7) is 2.81. The van der Waals surface area contributed by atoms with Crippen molar-refractivity contribution >= 4 is 33.2 Å². The Hall–Kier alpha value is -2.09. The molecular weight excluding hydrogens is 412 g/mol. The normalized spacial score (nSPS) is 15.6. The van der Waals surface area contributed by atoms with Crippen LogP contribution < -0.4 is 10.1 Å². The minimum absolute atomic E-state index is 0.218. The van der Waals surface area contributed by atoms with Gasteiger partial charge in [0.05, 0.1) is 17.6 Å². The second-order valence-electron chi connectivity index (χ2n) is 7.10. The van der Waals surface area contributed by atoms with E-state index in [0.717, 1.165) is 25.7 Å². The van der Waals surface area contributed by atoms with Gasteiger partial charge in [0.25, 0.3) is 5.91 Å². The van der Waals surface area contributed by atoms with E-state index in [1.165, 1.54) is 19.2 Å². The summed E-state index contributed by atoms with van der Waals surface area (Å²) in [6, 6.07) is 9.67. The number of anilines is 1. The second-order valence-corrected chi connectivity index (χ2v) is 9.44. The molecule has 0 unspecified atom stereocenters. The molecule has 3 rings (SSSR count). The highest BCUT2D eigenvalue weighted by Crippen LogP contribution is 2.27. The minimum Gasteiger partial charge on any atom is -0.496 e. The highest BCUT2D eigenvalue weighted by molar-refractivity contribution is 7.89. The van der Waals surface area contributed by atoms with Gasteiger partial charge in [-0.25, -0.2) is 8.42 Å². The number of methoxy groups -OCH3 is 1. The van der Waals surface area contributed by atoms with Crippen molar-refractivity contribution in [3.63, 3.8) is 0 Å². The molecule has 1 N–H and O–H groups in total. The Morgan fingerprint density at radius 2 is 1.76 bits per heavy atom. The number of carbonyl (C=O) groups excluding carboxylic acids is 1. The first kappa shape index (κ1) is 21.6. The number of nitrogens with one attached hydrogen (secondary N) is 1. The third-order valence-corrected chi connectivity index (χ3v) is 7.31. The number of hydrogen-bond acceptors (Lipinski definition) is 4. The fourth-order valence-corrected chi connectivity index (χ4v) is 5.37. The molecule has 156 valence electrons. The van der Waals surface area contributed by atoms with Crippen molar-refractivity contribution in [3.05, 3.63) is 52.5 Å². The number of aryl methyl sites for hydroxylation is 1. The molecule has 0 aliphatic carbocycles. The molecule has 0 atom stereocenters. The first-order chi connectivity index (χ1) is 13.8.